The van der Waals surface area contributed by atoms with Crippen LogP contribution in [-0.4, -0.2) is 19.7 Å². The lowest BCUT2D eigenvalue weighted by Gasteiger charge is -2.53. The van der Waals surface area contributed by atoms with Crippen molar-refractivity contribution in [2.24, 2.45) is 5.92 Å². The van der Waals surface area contributed by atoms with E-state index in [1.165, 1.54) is 19.3 Å². The average Bonchev–Trinajstić information content (AvgIpc) is 2.61. The van der Waals surface area contributed by atoms with E-state index in [4.69, 9.17) is 4.43 Å². The summed E-state index contributed by atoms with van der Waals surface area (Å²) in [6, 6.07) is 0. The number of allylic oxidation sites excluding steroid dienone is 2. The van der Waals surface area contributed by atoms with Crippen molar-refractivity contribution < 1.29 is 9.22 Å². The minimum atomic E-state index is -1.96. The van der Waals surface area contributed by atoms with Gasteiger partial charge >= 0.3 is 0 Å². The fourth-order valence-electron chi connectivity index (χ4n) is 5.44. The molecule has 0 aliphatic heterocycles. The molecule has 0 unspecified atom stereocenters. The second-order valence-electron chi connectivity index (χ2n) is 8.71. The third kappa shape index (κ3) is 3.51. The maximum absolute atomic E-state index is 12.4. The molecular formula is C20H36O2Si. The summed E-state index contributed by atoms with van der Waals surface area (Å²) in [4.78, 5) is 12.4. The Morgan fingerprint density at radius 1 is 1.09 bits per heavy atom. The molecule has 3 heteroatoms. The molecule has 0 amide bonds. The number of rotatable bonds is 5. The van der Waals surface area contributed by atoms with Crippen LogP contribution in [0.3, 0.4) is 0 Å². The number of carbonyl (C=O) groups is 1. The Hall–Kier alpha value is -0.413. The third-order valence-electron chi connectivity index (χ3n) is 6.43. The van der Waals surface area contributed by atoms with Crippen molar-refractivity contribution >= 4 is 14.1 Å². The molecule has 0 aromatic carbocycles. The smallest absolute Gasteiger partial charge is 0.201 e. The van der Waals surface area contributed by atoms with Crippen molar-refractivity contribution in [2.45, 2.75) is 102 Å². The van der Waals surface area contributed by atoms with Crippen LogP contribution in [0, 0.1) is 5.92 Å². The van der Waals surface area contributed by atoms with Crippen molar-refractivity contribution in [1.82, 2.24) is 0 Å². The van der Waals surface area contributed by atoms with E-state index < -0.39 is 8.32 Å². The SMILES string of the molecule is CC(C)[Si](O[C@]12CCCC[C@@H]1CC=CC(=O)C2)(C(C)C)C(C)C. The van der Waals surface area contributed by atoms with Crippen LogP contribution in [0.4, 0.5) is 0 Å². The molecular weight excluding hydrogens is 300 g/mol. The molecule has 0 heterocycles. The van der Waals surface area contributed by atoms with Crippen LogP contribution in [0.1, 0.15) is 80.1 Å². The highest BCUT2D eigenvalue weighted by Crippen LogP contribution is 2.51. The topological polar surface area (TPSA) is 26.3 Å². The molecule has 0 bridgehead atoms. The number of carbonyl (C=O) groups excluding carboxylic acids is 1. The van der Waals surface area contributed by atoms with Crippen LogP contribution >= 0.6 is 0 Å². The molecule has 2 aliphatic rings. The number of ketones is 1. The molecule has 132 valence electrons. The highest BCUT2D eigenvalue weighted by Gasteiger charge is 2.53. The first-order valence-corrected chi connectivity index (χ1v) is 11.8. The van der Waals surface area contributed by atoms with Gasteiger partial charge in [-0.3, -0.25) is 4.79 Å². The van der Waals surface area contributed by atoms with E-state index in [1.807, 2.05) is 6.08 Å². The summed E-state index contributed by atoms with van der Waals surface area (Å²) in [6.45, 7) is 14.1. The van der Waals surface area contributed by atoms with Crippen LogP contribution in [0.2, 0.25) is 16.6 Å². The summed E-state index contributed by atoms with van der Waals surface area (Å²) in [5, 5.41) is 0. The normalized spacial score (nSPS) is 29.3. The summed E-state index contributed by atoms with van der Waals surface area (Å²) in [7, 11) is -1.96. The van der Waals surface area contributed by atoms with Gasteiger partial charge in [0.15, 0.2) is 5.78 Å². The zero-order chi connectivity index (χ0) is 17.3. The largest absolute Gasteiger partial charge is 0.410 e. The molecule has 2 rings (SSSR count). The van der Waals surface area contributed by atoms with E-state index in [9.17, 15) is 4.79 Å². The van der Waals surface area contributed by atoms with Crippen LogP contribution in [0.25, 0.3) is 0 Å². The molecule has 0 aromatic heterocycles. The van der Waals surface area contributed by atoms with Gasteiger partial charge in [-0.05, 0) is 47.9 Å². The Kier molecular flexibility index (Phi) is 5.94. The van der Waals surface area contributed by atoms with Crippen molar-refractivity contribution in [3.8, 4) is 0 Å². The second kappa shape index (κ2) is 7.22. The maximum Gasteiger partial charge on any atom is 0.201 e. The van der Waals surface area contributed by atoms with E-state index in [0.29, 0.717) is 29.0 Å². The van der Waals surface area contributed by atoms with Crippen molar-refractivity contribution in [3.63, 3.8) is 0 Å². The van der Waals surface area contributed by atoms with Gasteiger partial charge < -0.3 is 4.43 Å². The van der Waals surface area contributed by atoms with Crippen molar-refractivity contribution in [3.05, 3.63) is 12.2 Å². The van der Waals surface area contributed by atoms with E-state index in [2.05, 4.69) is 47.6 Å². The molecule has 1 fully saturated rings. The van der Waals surface area contributed by atoms with Crippen LogP contribution in [-0.2, 0) is 9.22 Å². The highest BCUT2D eigenvalue weighted by molar-refractivity contribution is 6.77. The van der Waals surface area contributed by atoms with Gasteiger partial charge in [0.2, 0.25) is 8.32 Å². The van der Waals surface area contributed by atoms with E-state index in [0.717, 1.165) is 12.8 Å². The summed E-state index contributed by atoms with van der Waals surface area (Å²) >= 11 is 0. The van der Waals surface area contributed by atoms with E-state index >= 15 is 0 Å². The fourth-order valence-corrected chi connectivity index (χ4v) is 11.2. The highest BCUT2D eigenvalue weighted by atomic mass is 28.4. The Morgan fingerprint density at radius 3 is 2.26 bits per heavy atom. The summed E-state index contributed by atoms with van der Waals surface area (Å²) in [6.07, 6.45) is 10.3. The van der Waals surface area contributed by atoms with E-state index in [1.54, 1.807) is 0 Å². The number of fused-ring (bicyclic) bond motifs is 1. The lowest BCUT2D eigenvalue weighted by atomic mass is 9.72. The van der Waals surface area contributed by atoms with Gasteiger partial charge in [-0.15, -0.1) is 0 Å². The molecule has 1 saturated carbocycles. The molecule has 0 saturated heterocycles. The summed E-state index contributed by atoms with van der Waals surface area (Å²) < 4.78 is 7.28. The van der Waals surface area contributed by atoms with Gasteiger partial charge in [0.05, 0.1) is 5.60 Å². The number of hydrogen-bond acceptors (Lipinski definition) is 2. The first kappa shape index (κ1) is 18.9. The molecule has 0 N–H and O–H groups in total. The molecule has 2 aliphatic carbocycles. The van der Waals surface area contributed by atoms with Gasteiger partial charge in [0.1, 0.15) is 0 Å². The summed E-state index contributed by atoms with van der Waals surface area (Å²) in [5.41, 5.74) is 1.53. The first-order valence-electron chi connectivity index (χ1n) is 9.64. The van der Waals surface area contributed by atoms with Gasteiger partial charge in [-0.1, -0.05) is 60.5 Å². The lowest BCUT2D eigenvalue weighted by Crippen LogP contribution is -2.58. The predicted molar refractivity (Wildman–Crippen MR) is 100 cm³/mol. The number of hydrogen-bond donors (Lipinski definition) is 0. The second-order valence-corrected chi connectivity index (χ2v) is 14.1. The Balaban J connectivity index is 2.43. The van der Waals surface area contributed by atoms with Gasteiger partial charge in [-0.2, -0.15) is 0 Å². The van der Waals surface area contributed by atoms with Crippen LogP contribution in [0.5, 0.6) is 0 Å². The molecule has 23 heavy (non-hydrogen) atoms. The standard InChI is InChI=1S/C20H36O2Si/c1-15(2)23(16(3)4,17(5)6)22-20-13-8-7-10-18(20)11-9-12-19(21)14-20/h9,12,15-18H,7-8,10-11,13-14H2,1-6H3/t18-,20+/m1/s1. The Morgan fingerprint density at radius 2 is 1.70 bits per heavy atom. The monoisotopic (exact) mass is 336 g/mol. The van der Waals surface area contributed by atoms with Gasteiger partial charge in [0, 0.05) is 6.42 Å². The van der Waals surface area contributed by atoms with Gasteiger partial charge in [0.25, 0.3) is 0 Å². The Labute approximate surface area is 144 Å². The minimum absolute atomic E-state index is 0.191. The molecule has 2 nitrogen and oxygen atoms in total. The third-order valence-corrected chi connectivity index (χ3v) is 12.6. The molecule has 0 radical (unpaired) electrons. The predicted octanol–water partition coefficient (Wildman–Crippen LogP) is 6.03. The van der Waals surface area contributed by atoms with Crippen molar-refractivity contribution in [1.29, 1.82) is 0 Å². The summed E-state index contributed by atoms with van der Waals surface area (Å²) in [5.74, 6) is 0.802. The quantitative estimate of drug-likeness (QED) is 0.573. The van der Waals surface area contributed by atoms with E-state index in [-0.39, 0.29) is 11.4 Å². The first-order chi connectivity index (χ1) is 10.7. The zero-order valence-electron chi connectivity index (χ0n) is 16.0. The molecule has 2 atom stereocenters. The maximum atomic E-state index is 12.4. The minimum Gasteiger partial charge on any atom is -0.410 e. The molecule has 0 spiro atoms. The van der Waals surface area contributed by atoms with Crippen molar-refractivity contribution in [2.75, 3.05) is 0 Å². The molecule has 0 aromatic rings. The lowest BCUT2D eigenvalue weighted by molar-refractivity contribution is -0.122. The fraction of sp³-hybridized carbons (Fsp3) is 0.850. The van der Waals surface area contributed by atoms with Crippen LogP contribution < -0.4 is 0 Å². The average molecular weight is 337 g/mol. The van der Waals surface area contributed by atoms with Gasteiger partial charge in [-0.25, -0.2) is 0 Å². The Bertz CT molecular complexity index is 431. The zero-order valence-corrected chi connectivity index (χ0v) is 17.0. The van der Waals surface area contributed by atoms with Crippen LogP contribution in [0.15, 0.2) is 12.2 Å².